The molecule has 0 aromatic carbocycles. The number of phosphoric acid groups is 1. The van der Waals surface area contributed by atoms with Gasteiger partial charge < -0.3 is 28.8 Å². The third-order valence-corrected chi connectivity index (χ3v) is 14.0. The summed E-state index contributed by atoms with van der Waals surface area (Å²) in [5, 5.41) is 13.8. The summed E-state index contributed by atoms with van der Waals surface area (Å²) >= 11 is 0. The fraction of sp³-hybridized carbons (Fsp3) is 0.945. The molecule has 1 unspecified atom stereocenters. The maximum Gasteiger partial charge on any atom is 0.268 e. The van der Waals surface area contributed by atoms with Gasteiger partial charge in [0, 0.05) is 6.42 Å². The molecule has 0 spiro atoms. The smallest absolute Gasteiger partial charge is 0.268 e. The van der Waals surface area contributed by atoms with E-state index in [1.807, 2.05) is 27.2 Å². The summed E-state index contributed by atoms with van der Waals surface area (Å²) in [7, 11) is 1.27. The van der Waals surface area contributed by atoms with Crippen LogP contribution in [-0.4, -0.2) is 68.5 Å². The summed E-state index contributed by atoms with van der Waals surface area (Å²) in [6, 6.07) is -0.880. The molecule has 3 atom stereocenters. The van der Waals surface area contributed by atoms with Crippen LogP contribution < -0.4 is 10.2 Å². The van der Waals surface area contributed by atoms with Crippen LogP contribution in [0, 0.1) is 0 Å². The van der Waals surface area contributed by atoms with Crippen LogP contribution in [0.1, 0.15) is 284 Å². The van der Waals surface area contributed by atoms with E-state index in [0.29, 0.717) is 17.4 Å². The zero-order chi connectivity index (χ0) is 47.1. The number of carbonyl (C=O) groups excluding carboxylic acids is 1. The first-order valence-corrected chi connectivity index (χ1v) is 29.5. The highest BCUT2D eigenvalue weighted by Gasteiger charge is 2.23. The van der Waals surface area contributed by atoms with Gasteiger partial charge >= 0.3 is 0 Å². The van der Waals surface area contributed by atoms with Gasteiger partial charge in [-0.05, 0) is 19.3 Å². The van der Waals surface area contributed by atoms with Crippen molar-refractivity contribution in [3.8, 4) is 0 Å². The van der Waals surface area contributed by atoms with E-state index in [2.05, 4.69) is 19.2 Å². The molecule has 382 valence electrons. The van der Waals surface area contributed by atoms with Crippen LogP contribution in [0.15, 0.2) is 12.2 Å². The average molecular weight is 927 g/mol. The first kappa shape index (κ1) is 63.2. The first-order valence-electron chi connectivity index (χ1n) is 28.1. The van der Waals surface area contributed by atoms with Gasteiger partial charge in [-0.1, -0.05) is 270 Å². The highest BCUT2D eigenvalue weighted by atomic mass is 31.2. The molecule has 0 aromatic heterocycles. The van der Waals surface area contributed by atoms with E-state index in [4.69, 9.17) is 9.05 Å². The number of quaternary nitrogens is 1. The second-order valence-electron chi connectivity index (χ2n) is 20.7. The van der Waals surface area contributed by atoms with Crippen molar-refractivity contribution in [2.24, 2.45) is 0 Å². The number of amides is 1. The predicted molar refractivity (Wildman–Crippen MR) is 275 cm³/mol. The maximum atomic E-state index is 12.9. The van der Waals surface area contributed by atoms with Crippen molar-refractivity contribution >= 4 is 13.7 Å². The van der Waals surface area contributed by atoms with Gasteiger partial charge in [-0.3, -0.25) is 9.36 Å². The van der Waals surface area contributed by atoms with Crippen molar-refractivity contribution in [3.63, 3.8) is 0 Å². The SMILES string of the molecule is CCCCCCCCCCCC/C=C/[C@@H](O)[C@H](COP(=O)([O-])OCC[N+](C)(C)C)NC(=O)CCCCCCCCCCCCCCCCCCCCCCCCCCCCCCCC. The number of phosphoric ester groups is 1. The van der Waals surface area contributed by atoms with Gasteiger partial charge in [0.2, 0.25) is 5.91 Å². The quantitative estimate of drug-likeness (QED) is 0.0272. The zero-order valence-electron chi connectivity index (χ0n) is 43.5. The van der Waals surface area contributed by atoms with Gasteiger partial charge in [0.05, 0.1) is 39.9 Å². The molecule has 0 saturated heterocycles. The number of rotatable bonds is 52. The molecule has 0 saturated carbocycles. The van der Waals surface area contributed by atoms with E-state index in [-0.39, 0.29) is 19.1 Å². The fourth-order valence-electron chi connectivity index (χ4n) is 8.57. The lowest BCUT2D eigenvalue weighted by molar-refractivity contribution is -0.870. The second-order valence-corrected chi connectivity index (χ2v) is 22.1. The van der Waals surface area contributed by atoms with Crippen LogP contribution in [-0.2, 0) is 18.4 Å². The van der Waals surface area contributed by atoms with Crippen molar-refractivity contribution in [3.05, 3.63) is 12.2 Å². The molecule has 0 fully saturated rings. The molecule has 64 heavy (non-hydrogen) atoms. The number of hydrogen-bond acceptors (Lipinski definition) is 6. The molecule has 1 amide bonds. The Labute approximate surface area is 399 Å². The number of nitrogens with zero attached hydrogens (tertiary/aromatic N) is 1. The Morgan fingerprint density at radius 2 is 0.844 bits per heavy atom. The largest absolute Gasteiger partial charge is 0.756 e. The van der Waals surface area contributed by atoms with Crippen LogP contribution in [0.2, 0.25) is 0 Å². The lowest BCUT2D eigenvalue weighted by Crippen LogP contribution is -2.45. The molecule has 0 bridgehead atoms. The highest BCUT2D eigenvalue weighted by molar-refractivity contribution is 7.45. The molecule has 0 aliphatic rings. The third-order valence-electron chi connectivity index (χ3n) is 13.0. The molecular formula is C55H111N2O6P. The minimum absolute atomic E-state index is 0.00228. The van der Waals surface area contributed by atoms with E-state index in [1.165, 1.54) is 225 Å². The molecule has 9 heteroatoms. The topological polar surface area (TPSA) is 108 Å². The molecule has 0 radical (unpaired) electrons. The summed E-state index contributed by atoms with van der Waals surface area (Å²) in [5.41, 5.74) is 0. The standard InChI is InChI=1S/C55H111N2O6P/c1-6-8-10-12-14-16-18-20-21-22-23-24-25-26-27-28-29-30-31-32-33-34-35-36-37-39-41-43-45-47-49-55(59)56-53(52-63-64(60,61)62-51-50-57(3,4)5)54(58)48-46-44-42-40-38-19-17-15-13-11-9-7-2/h46,48,53-54,58H,6-45,47,49-52H2,1-5H3,(H-,56,59,60,61)/b48-46+/t53-,54+/m0/s1. The molecule has 0 aromatic rings. The lowest BCUT2D eigenvalue weighted by Gasteiger charge is -2.29. The van der Waals surface area contributed by atoms with Crippen molar-refractivity contribution < 1.29 is 32.9 Å². The Morgan fingerprint density at radius 1 is 0.531 bits per heavy atom. The maximum absolute atomic E-state index is 12.9. The van der Waals surface area contributed by atoms with Crippen LogP contribution in [0.4, 0.5) is 0 Å². The molecule has 0 aliphatic heterocycles. The molecule has 0 aliphatic carbocycles. The molecule has 8 nitrogen and oxygen atoms in total. The van der Waals surface area contributed by atoms with E-state index >= 15 is 0 Å². The molecule has 0 heterocycles. The number of likely N-dealkylation sites (N-methyl/N-ethyl adjacent to an activating group) is 1. The minimum Gasteiger partial charge on any atom is -0.756 e. The van der Waals surface area contributed by atoms with Crippen LogP contribution in [0.3, 0.4) is 0 Å². The number of allylic oxidation sites excluding steroid dienone is 1. The second kappa shape index (κ2) is 47.3. The Bertz CT molecular complexity index is 1050. The number of nitrogens with one attached hydrogen (secondary N) is 1. The minimum atomic E-state index is -4.59. The number of unbranched alkanes of at least 4 members (excludes halogenated alkanes) is 39. The van der Waals surface area contributed by atoms with Crippen LogP contribution >= 0.6 is 7.82 Å². The summed E-state index contributed by atoms with van der Waals surface area (Å²) in [6.07, 6.45) is 57.3. The number of aliphatic hydroxyl groups excluding tert-OH is 1. The average Bonchev–Trinajstić information content (AvgIpc) is 3.25. The summed E-state index contributed by atoms with van der Waals surface area (Å²) in [4.78, 5) is 25.4. The van der Waals surface area contributed by atoms with Crippen molar-refractivity contribution in [2.75, 3.05) is 40.9 Å². The van der Waals surface area contributed by atoms with Gasteiger partial charge in [-0.2, -0.15) is 0 Å². The fourth-order valence-corrected chi connectivity index (χ4v) is 9.29. The third kappa shape index (κ3) is 49.2. The Hall–Kier alpha value is -0.760. The van der Waals surface area contributed by atoms with Gasteiger partial charge in [0.1, 0.15) is 13.2 Å². The van der Waals surface area contributed by atoms with E-state index in [1.54, 1.807) is 6.08 Å². The van der Waals surface area contributed by atoms with E-state index in [0.717, 1.165) is 38.5 Å². The van der Waals surface area contributed by atoms with Gasteiger partial charge in [0.15, 0.2) is 0 Å². The predicted octanol–water partition coefficient (Wildman–Crippen LogP) is 16.0. The van der Waals surface area contributed by atoms with Crippen LogP contribution in [0.5, 0.6) is 0 Å². The Kier molecular flexibility index (Phi) is 46.8. The van der Waals surface area contributed by atoms with E-state index < -0.39 is 20.0 Å². The zero-order valence-corrected chi connectivity index (χ0v) is 44.4. The summed E-state index contributed by atoms with van der Waals surface area (Å²) < 4.78 is 23.3. The Balaban J connectivity index is 3.99. The molecule has 0 rings (SSSR count). The van der Waals surface area contributed by atoms with Gasteiger partial charge in [-0.25, -0.2) is 0 Å². The van der Waals surface area contributed by atoms with Crippen LogP contribution in [0.25, 0.3) is 0 Å². The van der Waals surface area contributed by atoms with Crippen molar-refractivity contribution in [2.45, 2.75) is 296 Å². The highest BCUT2D eigenvalue weighted by Crippen LogP contribution is 2.38. The summed E-state index contributed by atoms with van der Waals surface area (Å²) in [6.45, 7) is 4.67. The monoisotopic (exact) mass is 927 g/mol. The normalized spacial score (nSPS) is 14.0. The molecular weight excluding hydrogens is 816 g/mol. The first-order chi connectivity index (χ1) is 31.0. The lowest BCUT2D eigenvalue weighted by atomic mass is 10.0. The van der Waals surface area contributed by atoms with Gasteiger partial charge in [-0.15, -0.1) is 0 Å². The van der Waals surface area contributed by atoms with E-state index in [9.17, 15) is 19.4 Å². The Morgan fingerprint density at radius 3 is 1.17 bits per heavy atom. The number of hydrogen-bond donors (Lipinski definition) is 2. The number of carbonyl (C=O) groups is 1. The number of aliphatic hydroxyl groups is 1. The van der Waals surface area contributed by atoms with Crippen molar-refractivity contribution in [1.82, 2.24) is 5.32 Å². The molecule has 2 N–H and O–H groups in total. The van der Waals surface area contributed by atoms with Crippen molar-refractivity contribution in [1.29, 1.82) is 0 Å². The van der Waals surface area contributed by atoms with Gasteiger partial charge in [0.25, 0.3) is 7.82 Å². The summed E-state index contributed by atoms with van der Waals surface area (Å²) in [5.74, 6) is -0.192.